The number of amides is 1. The van der Waals surface area contributed by atoms with E-state index in [0.29, 0.717) is 24.5 Å². The number of hydrogen-bond donors (Lipinski definition) is 3. The van der Waals surface area contributed by atoms with Gasteiger partial charge in [0, 0.05) is 35.4 Å². The van der Waals surface area contributed by atoms with Gasteiger partial charge in [0.25, 0.3) is 5.91 Å². The predicted octanol–water partition coefficient (Wildman–Crippen LogP) is 1.90. The first-order valence-electron chi connectivity index (χ1n) is 6.37. The SMILES string of the molecule is CCOCC(C)NC(=O)c1c[nH]c2ccc(N)cc12. The molecule has 1 atom stereocenters. The Hall–Kier alpha value is -2.01. The summed E-state index contributed by atoms with van der Waals surface area (Å²) >= 11 is 0. The highest BCUT2D eigenvalue weighted by Crippen LogP contribution is 2.20. The van der Waals surface area contributed by atoms with Crippen LogP contribution in [0.4, 0.5) is 5.69 Å². The van der Waals surface area contributed by atoms with Gasteiger partial charge in [0.15, 0.2) is 0 Å². The van der Waals surface area contributed by atoms with Crippen LogP contribution in [-0.4, -0.2) is 30.1 Å². The van der Waals surface area contributed by atoms with Crippen molar-refractivity contribution in [3.63, 3.8) is 0 Å². The molecule has 1 heterocycles. The quantitative estimate of drug-likeness (QED) is 0.719. The van der Waals surface area contributed by atoms with Crippen molar-refractivity contribution in [1.82, 2.24) is 10.3 Å². The van der Waals surface area contributed by atoms with Crippen LogP contribution in [0.1, 0.15) is 24.2 Å². The second-order valence-corrected chi connectivity index (χ2v) is 4.54. The minimum Gasteiger partial charge on any atom is -0.399 e. The van der Waals surface area contributed by atoms with Crippen molar-refractivity contribution in [2.24, 2.45) is 0 Å². The van der Waals surface area contributed by atoms with E-state index in [4.69, 9.17) is 10.5 Å². The maximum Gasteiger partial charge on any atom is 0.253 e. The molecule has 1 aromatic heterocycles. The molecule has 1 unspecified atom stereocenters. The van der Waals surface area contributed by atoms with E-state index in [9.17, 15) is 4.79 Å². The first-order chi connectivity index (χ1) is 9.11. The highest BCUT2D eigenvalue weighted by atomic mass is 16.5. The fraction of sp³-hybridized carbons (Fsp3) is 0.357. The van der Waals surface area contributed by atoms with Crippen LogP contribution >= 0.6 is 0 Å². The zero-order valence-electron chi connectivity index (χ0n) is 11.2. The van der Waals surface area contributed by atoms with Crippen molar-refractivity contribution in [1.29, 1.82) is 0 Å². The Labute approximate surface area is 112 Å². The predicted molar refractivity (Wildman–Crippen MR) is 76.1 cm³/mol. The Kier molecular flexibility index (Phi) is 4.06. The smallest absolute Gasteiger partial charge is 0.253 e. The van der Waals surface area contributed by atoms with Gasteiger partial charge in [0.2, 0.25) is 0 Å². The minimum absolute atomic E-state index is 0.0292. The Bertz CT molecular complexity index is 577. The highest BCUT2D eigenvalue weighted by molar-refractivity contribution is 6.07. The van der Waals surface area contributed by atoms with Crippen LogP contribution < -0.4 is 11.1 Å². The molecule has 2 rings (SSSR count). The molecule has 0 spiro atoms. The van der Waals surface area contributed by atoms with Gasteiger partial charge in [-0.2, -0.15) is 0 Å². The number of nitrogens with two attached hydrogens (primary N) is 1. The van der Waals surface area contributed by atoms with E-state index >= 15 is 0 Å². The van der Waals surface area contributed by atoms with E-state index in [2.05, 4.69) is 10.3 Å². The van der Waals surface area contributed by atoms with Crippen molar-refractivity contribution in [3.05, 3.63) is 30.0 Å². The molecule has 102 valence electrons. The summed E-state index contributed by atoms with van der Waals surface area (Å²) in [5, 5.41) is 3.74. The highest BCUT2D eigenvalue weighted by Gasteiger charge is 2.14. The van der Waals surface area contributed by atoms with E-state index in [1.165, 1.54) is 0 Å². The molecule has 0 saturated carbocycles. The van der Waals surface area contributed by atoms with Crippen LogP contribution in [0, 0.1) is 0 Å². The summed E-state index contributed by atoms with van der Waals surface area (Å²) in [6.45, 7) is 4.99. The lowest BCUT2D eigenvalue weighted by Gasteiger charge is -2.13. The summed E-state index contributed by atoms with van der Waals surface area (Å²) in [4.78, 5) is 15.2. The summed E-state index contributed by atoms with van der Waals surface area (Å²) in [5.74, 6) is -0.121. The summed E-state index contributed by atoms with van der Waals surface area (Å²) < 4.78 is 5.28. The fourth-order valence-corrected chi connectivity index (χ4v) is 1.96. The van der Waals surface area contributed by atoms with Gasteiger partial charge in [-0.25, -0.2) is 0 Å². The number of rotatable bonds is 5. The third kappa shape index (κ3) is 3.06. The first-order valence-corrected chi connectivity index (χ1v) is 6.37. The third-order valence-corrected chi connectivity index (χ3v) is 2.90. The van der Waals surface area contributed by atoms with Gasteiger partial charge < -0.3 is 20.8 Å². The lowest BCUT2D eigenvalue weighted by molar-refractivity contribution is 0.0873. The normalized spacial score (nSPS) is 12.5. The number of nitrogen functional groups attached to an aromatic ring is 1. The standard InChI is InChI=1S/C14H19N3O2/c1-3-19-8-9(2)17-14(18)12-7-16-13-5-4-10(15)6-11(12)13/h4-7,9,16H,3,8,15H2,1-2H3,(H,17,18). The van der Waals surface area contributed by atoms with Gasteiger partial charge in [-0.05, 0) is 32.0 Å². The minimum atomic E-state index is -0.121. The topological polar surface area (TPSA) is 80.1 Å². The summed E-state index contributed by atoms with van der Waals surface area (Å²) in [6, 6.07) is 5.44. The Balaban J connectivity index is 2.15. The van der Waals surface area contributed by atoms with E-state index in [1.807, 2.05) is 19.9 Å². The van der Waals surface area contributed by atoms with Crippen LogP contribution in [0.3, 0.4) is 0 Å². The largest absolute Gasteiger partial charge is 0.399 e. The number of fused-ring (bicyclic) bond motifs is 1. The molecule has 1 aromatic carbocycles. The number of carbonyl (C=O) groups excluding carboxylic acids is 1. The molecule has 0 bridgehead atoms. The van der Waals surface area contributed by atoms with E-state index < -0.39 is 0 Å². The number of nitrogens with one attached hydrogen (secondary N) is 2. The van der Waals surface area contributed by atoms with Gasteiger partial charge in [0.1, 0.15) is 0 Å². The molecule has 19 heavy (non-hydrogen) atoms. The van der Waals surface area contributed by atoms with Crippen LogP contribution in [0.5, 0.6) is 0 Å². The summed E-state index contributed by atoms with van der Waals surface area (Å²) in [6.07, 6.45) is 1.70. The number of ether oxygens (including phenoxy) is 1. The van der Waals surface area contributed by atoms with Crippen molar-refractivity contribution < 1.29 is 9.53 Å². The number of H-pyrrole nitrogens is 1. The molecule has 0 aliphatic heterocycles. The van der Waals surface area contributed by atoms with Crippen LogP contribution in [-0.2, 0) is 4.74 Å². The van der Waals surface area contributed by atoms with Crippen LogP contribution in [0.15, 0.2) is 24.4 Å². The van der Waals surface area contributed by atoms with Gasteiger partial charge >= 0.3 is 0 Å². The molecule has 5 heteroatoms. The van der Waals surface area contributed by atoms with E-state index in [-0.39, 0.29) is 11.9 Å². The average molecular weight is 261 g/mol. The van der Waals surface area contributed by atoms with Crippen molar-refractivity contribution >= 4 is 22.5 Å². The van der Waals surface area contributed by atoms with Crippen molar-refractivity contribution in [2.45, 2.75) is 19.9 Å². The summed E-state index contributed by atoms with van der Waals surface area (Å²) in [7, 11) is 0. The second-order valence-electron chi connectivity index (χ2n) is 4.54. The van der Waals surface area contributed by atoms with Crippen LogP contribution in [0.2, 0.25) is 0 Å². The molecule has 0 saturated heterocycles. The van der Waals surface area contributed by atoms with Gasteiger partial charge in [-0.1, -0.05) is 0 Å². The molecule has 2 aromatic rings. The Morgan fingerprint density at radius 1 is 1.53 bits per heavy atom. The van der Waals surface area contributed by atoms with E-state index in [1.54, 1.807) is 18.3 Å². The molecule has 4 N–H and O–H groups in total. The molecule has 1 amide bonds. The number of aromatic nitrogens is 1. The number of carbonyl (C=O) groups is 1. The fourth-order valence-electron chi connectivity index (χ4n) is 1.96. The zero-order valence-corrected chi connectivity index (χ0v) is 11.2. The average Bonchev–Trinajstić information content (AvgIpc) is 2.79. The van der Waals surface area contributed by atoms with E-state index in [0.717, 1.165) is 10.9 Å². The molecule has 0 radical (unpaired) electrons. The monoisotopic (exact) mass is 261 g/mol. The maximum absolute atomic E-state index is 12.2. The zero-order chi connectivity index (χ0) is 13.8. The molecule has 0 aliphatic carbocycles. The molecular weight excluding hydrogens is 242 g/mol. The number of anilines is 1. The van der Waals surface area contributed by atoms with Gasteiger partial charge in [0.05, 0.1) is 12.2 Å². The third-order valence-electron chi connectivity index (χ3n) is 2.90. The number of aromatic amines is 1. The lowest BCUT2D eigenvalue weighted by atomic mass is 10.1. The molecule has 0 fully saturated rings. The first kappa shape index (κ1) is 13.4. The number of benzene rings is 1. The Morgan fingerprint density at radius 3 is 3.05 bits per heavy atom. The molecular formula is C14H19N3O2. The molecule has 0 aliphatic rings. The maximum atomic E-state index is 12.2. The van der Waals surface area contributed by atoms with Crippen molar-refractivity contribution in [3.8, 4) is 0 Å². The lowest BCUT2D eigenvalue weighted by Crippen LogP contribution is -2.35. The number of hydrogen-bond acceptors (Lipinski definition) is 3. The van der Waals surface area contributed by atoms with Gasteiger partial charge in [-0.3, -0.25) is 4.79 Å². The van der Waals surface area contributed by atoms with Crippen molar-refractivity contribution in [2.75, 3.05) is 18.9 Å². The van der Waals surface area contributed by atoms with Gasteiger partial charge in [-0.15, -0.1) is 0 Å². The Morgan fingerprint density at radius 2 is 2.32 bits per heavy atom. The summed E-state index contributed by atoms with van der Waals surface area (Å²) in [5.41, 5.74) is 7.90. The molecule has 5 nitrogen and oxygen atoms in total. The second kappa shape index (κ2) is 5.75. The van der Waals surface area contributed by atoms with Crippen LogP contribution in [0.25, 0.3) is 10.9 Å².